The molecule has 10 rings (SSSR count). The zero-order valence-corrected chi connectivity index (χ0v) is 29.0. The van der Waals surface area contributed by atoms with Crippen molar-refractivity contribution >= 4 is 0 Å². The lowest BCUT2D eigenvalue weighted by Crippen LogP contribution is -2.40. The highest BCUT2D eigenvalue weighted by Crippen LogP contribution is 2.62. The number of aromatic nitrogens is 4. The van der Waals surface area contributed by atoms with Crippen LogP contribution >= 0.6 is 0 Å². The molecule has 0 saturated carbocycles. The number of benzene rings is 6. The van der Waals surface area contributed by atoms with Crippen LogP contribution in [0.2, 0.25) is 0 Å². The van der Waals surface area contributed by atoms with Gasteiger partial charge in [0.15, 0.2) is 17.5 Å². The van der Waals surface area contributed by atoms with Crippen LogP contribution in [0, 0.1) is 0 Å². The second-order valence-electron chi connectivity index (χ2n) is 14.2. The van der Waals surface area contributed by atoms with E-state index in [1.165, 1.54) is 50.1 Å². The average molecular weight is 667 g/mol. The maximum Gasteiger partial charge on any atom is 0.182 e. The Morgan fingerprint density at radius 3 is 1.52 bits per heavy atom. The Hall–Kier alpha value is -6.52. The Morgan fingerprint density at radius 2 is 0.865 bits per heavy atom. The minimum absolute atomic E-state index is 0.208. The monoisotopic (exact) mass is 666 g/mol. The van der Waals surface area contributed by atoms with E-state index in [0.29, 0.717) is 23.2 Å². The van der Waals surface area contributed by atoms with Crippen molar-refractivity contribution < 1.29 is 0 Å². The summed E-state index contributed by atoms with van der Waals surface area (Å²) in [7, 11) is 0. The van der Waals surface area contributed by atoms with Crippen molar-refractivity contribution in [1.29, 1.82) is 0 Å². The molecule has 0 bridgehead atoms. The summed E-state index contributed by atoms with van der Waals surface area (Å²) >= 11 is 0. The molecule has 0 aliphatic heterocycles. The Kier molecular flexibility index (Phi) is 6.71. The Balaban J connectivity index is 1.11. The molecule has 0 unspecified atom stereocenters. The van der Waals surface area contributed by atoms with E-state index < -0.39 is 5.41 Å². The second-order valence-corrected chi connectivity index (χ2v) is 14.2. The number of pyridine rings is 1. The van der Waals surface area contributed by atoms with Gasteiger partial charge in [0.2, 0.25) is 0 Å². The Morgan fingerprint density at radius 1 is 0.365 bits per heavy atom. The van der Waals surface area contributed by atoms with E-state index in [2.05, 4.69) is 134 Å². The summed E-state index contributed by atoms with van der Waals surface area (Å²) in [6.07, 6.45) is 1.76. The Labute approximate surface area is 303 Å². The molecule has 2 aromatic heterocycles. The summed E-state index contributed by atoms with van der Waals surface area (Å²) in [4.78, 5) is 19.2. The van der Waals surface area contributed by atoms with Crippen LogP contribution in [-0.4, -0.2) is 19.9 Å². The first-order valence-corrected chi connectivity index (χ1v) is 17.8. The van der Waals surface area contributed by atoms with Gasteiger partial charge in [0.25, 0.3) is 0 Å². The van der Waals surface area contributed by atoms with Crippen molar-refractivity contribution in [2.75, 3.05) is 0 Å². The van der Waals surface area contributed by atoms with Gasteiger partial charge in [0.1, 0.15) is 5.69 Å². The third-order valence-electron chi connectivity index (χ3n) is 11.1. The average Bonchev–Trinajstić information content (AvgIpc) is 3.51. The predicted molar refractivity (Wildman–Crippen MR) is 209 cm³/mol. The molecule has 0 N–H and O–H groups in total. The fourth-order valence-electron chi connectivity index (χ4n) is 8.67. The summed E-state index contributed by atoms with van der Waals surface area (Å²) in [6, 6.07) is 58.6. The number of hydrogen-bond acceptors (Lipinski definition) is 4. The van der Waals surface area contributed by atoms with Crippen LogP contribution in [0.3, 0.4) is 0 Å². The van der Waals surface area contributed by atoms with Gasteiger partial charge in [-0.2, -0.15) is 0 Å². The molecule has 4 nitrogen and oxygen atoms in total. The van der Waals surface area contributed by atoms with Gasteiger partial charge >= 0.3 is 0 Å². The first-order chi connectivity index (χ1) is 25.5. The molecule has 2 aliphatic rings. The molecule has 0 radical (unpaired) electrons. The normalized spacial score (nSPS) is 14.3. The van der Waals surface area contributed by atoms with Gasteiger partial charge in [0, 0.05) is 22.7 Å². The standard InChI is InChI=1S/C48H34N4/c1-47(2)39-20-10-11-21-40(39)48(37-18-8-6-16-35(37)36-17-7-9-19-38(36)48)41-28-27-34(30-42(41)47)31-23-25-33(26-24-31)45-50-44(32-14-4-3-5-15-32)51-46(52-45)43-22-12-13-29-49-43/h3-30H,1-2H3. The van der Waals surface area contributed by atoms with Crippen LogP contribution in [0.4, 0.5) is 0 Å². The van der Waals surface area contributed by atoms with Crippen LogP contribution in [0.1, 0.15) is 47.2 Å². The van der Waals surface area contributed by atoms with Crippen LogP contribution in [0.25, 0.3) is 56.5 Å². The van der Waals surface area contributed by atoms with Crippen molar-refractivity contribution in [3.8, 4) is 56.5 Å². The molecule has 0 fully saturated rings. The van der Waals surface area contributed by atoms with E-state index in [1.807, 2.05) is 48.5 Å². The molecular weight excluding hydrogens is 633 g/mol. The largest absolute Gasteiger partial charge is 0.253 e. The maximum absolute atomic E-state index is 4.93. The molecule has 6 aromatic carbocycles. The Bertz CT molecular complexity index is 2540. The molecule has 8 aromatic rings. The molecule has 0 amide bonds. The van der Waals surface area contributed by atoms with Gasteiger partial charge in [-0.05, 0) is 73.8 Å². The third kappa shape index (κ3) is 4.40. The van der Waals surface area contributed by atoms with Gasteiger partial charge in [-0.3, -0.25) is 4.98 Å². The molecule has 246 valence electrons. The fraction of sp³-hybridized carbons (Fsp3) is 0.0833. The molecular formula is C48H34N4. The van der Waals surface area contributed by atoms with Crippen LogP contribution in [-0.2, 0) is 10.8 Å². The SMILES string of the molecule is CC1(C)c2ccccc2C2(c3ccccc3-c3ccccc32)c2ccc(-c3ccc(-c4nc(-c5ccccc5)nc(-c5ccccn5)n4)cc3)cc21. The summed E-state index contributed by atoms with van der Waals surface area (Å²) in [5, 5.41) is 0. The number of hydrogen-bond donors (Lipinski definition) is 0. The van der Waals surface area contributed by atoms with E-state index in [4.69, 9.17) is 15.0 Å². The second kappa shape index (κ2) is 11.5. The van der Waals surface area contributed by atoms with Crippen molar-refractivity contribution in [2.24, 2.45) is 0 Å². The van der Waals surface area contributed by atoms with Crippen molar-refractivity contribution in [2.45, 2.75) is 24.7 Å². The summed E-state index contributed by atoms with van der Waals surface area (Å²) in [5.74, 6) is 1.79. The van der Waals surface area contributed by atoms with Gasteiger partial charge in [-0.1, -0.05) is 159 Å². The van der Waals surface area contributed by atoms with Crippen LogP contribution in [0.5, 0.6) is 0 Å². The van der Waals surface area contributed by atoms with Crippen molar-refractivity contribution in [3.05, 3.63) is 203 Å². The highest BCUT2D eigenvalue weighted by Gasteiger charge is 2.53. The van der Waals surface area contributed by atoms with Gasteiger partial charge in [0.05, 0.1) is 5.41 Å². The van der Waals surface area contributed by atoms with Gasteiger partial charge in [-0.15, -0.1) is 0 Å². The lowest BCUT2D eigenvalue weighted by Gasteiger charge is -2.46. The summed E-state index contributed by atoms with van der Waals surface area (Å²) in [5.41, 5.74) is 15.1. The highest BCUT2D eigenvalue weighted by atomic mass is 15.0. The quantitative estimate of drug-likeness (QED) is 0.188. The first-order valence-electron chi connectivity index (χ1n) is 17.8. The number of nitrogens with zero attached hydrogens (tertiary/aromatic N) is 4. The number of fused-ring (bicyclic) bond motifs is 9. The van der Waals surface area contributed by atoms with Crippen LogP contribution in [0.15, 0.2) is 170 Å². The summed E-state index contributed by atoms with van der Waals surface area (Å²) < 4.78 is 0. The van der Waals surface area contributed by atoms with E-state index >= 15 is 0 Å². The molecule has 1 spiro atoms. The van der Waals surface area contributed by atoms with E-state index in [1.54, 1.807) is 6.20 Å². The molecule has 2 heterocycles. The molecule has 0 saturated heterocycles. The molecule has 2 aliphatic carbocycles. The molecule has 52 heavy (non-hydrogen) atoms. The zero-order chi connectivity index (χ0) is 34.9. The lowest BCUT2D eigenvalue weighted by atomic mass is 9.55. The minimum Gasteiger partial charge on any atom is -0.253 e. The van der Waals surface area contributed by atoms with Crippen LogP contribution < -0.4 is 0 Å². The summed E-state index contributed by atoms with van der Waals surface area (Å²) in [6.45, 7) is 4.75. The highest BCUT2D eigenvalue weighted by molar-refractivity contribution is 5.89. The van der Waals surface area contributed by atoms with Gasteiger partial charge < -0.3 is 0 Å². The van der Waals surface area contributed by atoms with Crippen molar-refractivity contribution in [3.63, 3.8) is 0 Å². The fourth-order valence-corrected chi connectivity index (χ4v) is 8.67. The van der Waals surface area contributed by atoms with Crippen molar-refractivity contribution in [1.82, 2.24) is 19.9 Å². The molecule has 0 atom stereocenters. The lowest BCUT2D eigenvalue weighted by molar-refractivity contribution is 0.563. The van der Waals surface area contributed by atoms with E-state index in [0.717, 1.165) is 16.7 Å². The zero-order valence-electron chi connectivity index (χ0n) is 29.0. The minimum atomic E-state index is -0.391. The van der Waals surface area contributed by atoms with E-state index in [9.17, 15) is 0 Å². The maximum atomic E-state index is 4.93. The molecule has 4 heteroatoms. The third-order valence-corrected chi connectivity index (χ3v) is 11.1. The van der Waals surface area contributed by atoms with Gasteiger partial charge in [-0.25, -0.2) is 15.0 Å². The number of rotatable bonds is 4. The topological polar surface area (TPSA) is 51.6 Å². The predicted octanol–water partition coefficient (Wildman–Crippen LogP) is 10.9. The first kappa shape index (κ1) is 30.3. The smallest absolute Gasteiger partial charge is 0.182 e. The van der Waals surface area contributed by atoms with E-state index in [-0.39, 0.29) is 5.41 Å².